The second kappa shape index (κ2) is 5.64. The van der Waals surface area contributed by atoms with Crippen molar-refractivity contribution in [1.29, 1.82) is 0 Å². The molecule has 0 radical (unpaired) electrons. The number of ether oxygens (including phenoxy) is 1. The van der Waals surface area contributed by atoms with Crippen LogP contribution in [0.4, 0.5) is 0 Å². The minimum absolute atomic E-state index is 0.245. The maximum atomic E-state index is 11.9. The lowest BCUT2D eigenvalue weighted by molar-refractivity contribution is -0.144. The molecule has 0 aromatic heterocycles. The van der Waals surface area contributed by atoms with Crippen molar-refractivity contribution in [3.8, 4) is 0 Å². The largest absolute Gasteiger partial charge is 0.454 e. The van der Waals surface area contributed by atoms with Gasteiger partial charge in [-0.15, -0.1) is 0 Å². The Kier molecular flexibility index (Phi) is 3.46. The number of benzene rings is 3. The first-order valence-corrected chi connectivity index (χ1v) is 8.12. The van der Waals surface area contributed by atoms with Gasteiger partial charge in [0.25, 0.3) is 0 Å². The fourth-order valence-corrected chi connectivity index (χ4v) is 3.37. The van der Waals surface area contributed by atoms with Gasteiger partial charge in [-0.3, -0.25) is 0 Å². The molecule has 0 bridgehead atoms. The number of hydrogen-bond acceptors (Lipinski definition) is 2. The molecule has 24 heavy (non-hydrogen) atoms. The number of esters is 1. The maximum Gasteiger partial charge on any atom is 0.333 e. The Balaban J connectivity index is 1.88. The van der Waals surface area contributed by atoms with E-state index in [1.807, 2.05) is 0 Å². The smallest absolute Gasteiger partial charge is 0.333 e. The summed E-state index contributed by atoms with van der Waals surface area (Å²) in [6.45, 7) is 5.34. The molecule has 3 aromatic rings. The van der Waals surface area contributed by atoms with E-state index in [1.54, 1.807) is 6.92 Å². The molecule has 1 aliphatic rings. The highest BCUT2D eigenvalue weighted by atomic mass is 16.5. The number of hydrogen-bond donors (Lipinski definition) is 0. The van der Waals surface area contributed by atoms with Gasteiger partial charge in [0.15, 0.2) is 0 Å². The molecule has 0 amide bonds. The van der Waals surface area contributed by atoms with Crippen LogP contribution in [0.25, 0.3) is 27.6 Å². The number of carbonyl (C=O) groups is 1. The van der Waals surface area contributed by atoms with Crippen molar-refractivity contribution >= 4 is 33.6 Å². The molecule has 0 heterocycles. The van der Waals surface area contributed by atoms with Crippen molar-refractivity contribution in [2.24, 2.45) is 0 Å². The summed E-state index contributed by atoms with van der Waals surface area (Å²) in [7, 11) is 0. The molecule has 0 spiro atoms. The van der Waals surface area contributed by atoms with E-state index in [0.29, 0.717) is 12.0 Å². The summed E-state index contributed by atoms with van der Waals surface area (Å²) in [6, 6.07) is 16.9. The van der Waals surface area contributed by atoms with Crippen LogP contribution < -0.4 is 0 Å². The van der Waals surface area contributed by atoms with Crippen molar-refractivity contribution in [3.63, 3.8) is 0 Å². The van der Waals surface area contributed by atoms with Crippen LogP contribution in [0.1, 0.15) is 30.6 Å². The van der Waals surface area contributed by atoms with Crippen LogP contribution >= 0.6 is 0 Å². The SMILES string of the molecule is C=C(C)C(=O)OC1CC=Cc2c1ccc1c2ccc2ccccc21. The second-order valence-corrected chi connectivity index (χ2v) is 6.26. The summed E-state index contributed by atoms with van der Waals surface area (Å²) in [5.41, 5.74) is 2.64. The lowest BCUT2D eigenvalue weighted by Gasteiger charge is -2.23. The third-order valence-corrected chi connectivity index (χ3v) is 4.58. The molecule has 0 aliphatic heterocycles. The maximum absolute atomic E-state index is 11.9. The standard InChI is InChI=1S/C22H18O2/c1-14(2)22(23)24-21-9-5-8-17-19-11-10-15-6-3-4-7-16(15)18(19)12-13-20(17)21/h3-8,10-13,21H,1,9H2,2H3. The summed E-state index contributed by atoms with van der Waals surface area (Å²) in [5, 5.41) is 4.89. The minimum atomic E-state index is -0.333. The zero-order valence-electron chi connectivity index (χ0n) is 13.6. The van der Waals surface area contributed by atoms with E-state index in [1.165, 1.54) is 21.5 Å². The molecule has 0 N–H and O–H groups in total. The Bertz CT molecular complexity index is 1010. The van der Waals surface area contributed by atoms with Gasteiger partial charge in [-0.05, 0) is 34.0 Å². The fourth-order valence-electron chi connectivity index (χ4n) is 3.37. The Morgan fingerprint density at radius 2 is 1.83 bits per heavy atom. The molecule has 2 nitrogen and oxygen atoms in total. The zero-order chi connectivity index (χ0) is 16.7. The van der Waals surface area contributed by atoms with Crippen molar-refractivity contribution in [2.75, 3.05) is 0 Å². The van der Waals surface area contributed by atoms with Crippen molar-refractivity contribution in [3.05, 3.63) is 77.9 Å². The van der Waals surface area contributed by atoms with Gasteiger partial charge in [-0.2, -0.15) is 0 Å². The van der Waals surface area contributed by atoms with Gasteiger partial charge in [0.05, 0.1) is 0 Å². The van der Waals surface area contributed by atoms with E-state index >= 15 is 0 Å². The molecule has 2 heteroatoms. The monoisotopic (exact) mass is 314 g/mol. The highest BCUT2D eigenvalue weighted by molar-refractivity contribution is 6.10. The highest BCUT2D eigenvalue weighted by Gasteiger charge is 2.22. The van der Waals surface area contributed by atoms with Gasteiger partial charge in [0, 0.05) is 17.6 Å². The third kappa shape index (κ3) is 2.31. The number of fused-ring (bicyclic) bond motifs is 5. The number of carbonyl (C=O) groups excluding carboxylic acids is 1. The van der Waals surface area contributed by atoms with Gasteiger partial charge < -0.3 is 4.74 Å². The lowest BCUT2D eigenvalue weighted by atomic mass is 9.88. The van der Waals surface area contributed by atoms with E-state index in [9.17, 15) is 4.79 Å². The predicted octanol–water partition coefficient (Wildman–Crippen LogP) is 5.57. The van der Waals surface area contributed by atoms with E-state index in [4.69, 9.17) is 4.74 Å². The summed E-state index contributed by atoms with van der Waals surface area (Å²) in [5.74, 6) is -0.333. The van der Waals surface area contributed by atoms with E-state index < -0.39 is 0 Å². The van der Waals surface area contributed by atoms with Crippen molar-refractivity contribution < 1.29 is 9.53 Å². The van der Waals surface area contributed by atoms with Gasteiger partial charge >= 0.3 is 5.97 Å². The van der Waals surface area contributed by atoms with Crippen LogP contribution in [0.5, 0.6) is 0 Å². The van der Waals surface area contributed by atoms with Crippen LogP contribution in [0.2, 0.25) is 0 Å². The summed E-state index contributed by atoms with van der Waals surface area (Å²) < 4.78 is 5.63. The first kappa shape index (κ1) is 14.7. The van der Waals surface area contributed by atoms with Crippen molar-refractivity contribution in [2.45, 2.75) is 19.4 Å². The number of rotatable bonds is 2. The molecule has 0 saturated heterocycles. The van der Waals surface area contributed by atoms with Crippen LogP contribution in [-0.4, -0.2) is 5.97 Å². The molecule has 1 unspecified atom stereocenters. The first-order chi connectivity index (χ1) is 11.6. The topological polar surface area (TPSA) is 26.3 Å². The predicted molar refractivity (Wildman–Crippen MR) is 98.8 cm³/mol. The van der Waals surface area contributed by atoms with Gasteiger partial charge in [0.1, 0.15) is 6.10 Å². The average Bonchev–Trinajstić information content (AvgIpc) is 2.61. The quantitative estimate of drug-likeness (QED) is 0.351. The molecule has 1 atom stereocenters. The third-order valence-electron chi connectivity index (χ3n) is 4.58. The zero-order valence-corrected chi connectivity index (χ0v) is 13.6. The molecular formula is C22H18O2. The lowest BCUT2D eigenvalue weighted by Crippen LogP contribution is -2.14. The normalized spacial score (nSPS) is 16.1. The summed E-state index contributed by atoms with van der Waals surface area (Å²) >= 11 is 0. The summed E-state index contributed by atoms with van der Waals surface area (Å²) in [6.07, 6.45) is 4.67. The van der Waals surface area contributed by atoms with Crippen LogP contribution in [0, 0.1) is 0 Å². The Hall–Kier alpha value is -2.87. The molecule has 3 aromatic carbocycles. The Morgan fingerprint density at radius 1 is 1.04 bits per heavy atom. The van der Waals surface area contributed by atoms with Gasteiger partial charge in [-0.25, -0.2) is 4.79 Å². The average molecular weight is 314 g/mol. The van der Waals surface area contributed by atoms with Gasteiger partial charge in [0.2, 0.25) is 0 Å². The molecular weight excluding hydrogens is 296 g/mol. The van der Waals surface area contributed by atoms with Crippen molar-refractivity contribution in [1.82, 2.24) is 0 Å². The molecule has 4 rings (SSSR count). The fraction of sp³-hybridized carbons (Fsp3) is 0.136. The van der Waals surface area contributed by atoms with Crippen LogP contribution in [0.3, 0.4) is 0 Å². The van der Waals surface area contributed by atoms with E-state index in [2.05, 4.69) is 67.3 Å². The van der Waals surface area contributed by atoms with Crippen LogP contribution in [0.15, 0.2) is 66.8 Å². The molecule has 118 valence electrons. The van der Waals surface area contributed by atoms with E-state index in [0.717, 1.165) is 11.1 Å². The molecule has 0 saturated carbocycles. The van der Waals surface area contributed by atoms with Gasteiger partial charge in [-0.1, -0.05) is 67.3 Å². The highest BCUT2D eigenvalue weighted by Crippen LogP contribution is 2.37. The Morgan fingerprint density at radius 3 is 2.67 bits per heavy atom. The Labute approximate surface area is 141 Å². The summed E-state index contributed by atoms with van der Waals surface area (Å²) in [4.78, 5) is 11.9. The van der Waals surface area contributed by atoms with E-state index in [-0.39, 0.29) is 12.1 Å². The molecule has 1 aliphatic carbocycles. The first-order valence-electron chi connectivity index (χ1n) is 8.12. The van der Waals surface area contributed by atoms with Crippen LogP contribution in [-0.2, 0) is 9.53 Å². The minimum Gasteiger partial charge on any atom is -0.454 e. The second-order valence-electron chi connectivity index (χ2n) is 6.26. The molecule has 0 fully saturated rings.